The molecule has 2 aromatic heterocycles. The summed E-state index contributed by atoms with van der Waals surface area (Å²) in [7, 11) is -3.88. The number of nitrogens with zero attached hydrogens (tertiary/aromatic N) is 4. The van der Waals surface area contributed by atoms with Crippen LogP contribution >= 0.6 is 11.6 Å². The van der Waals surface area contributed by atoms with Crippen LogP contribution in [0.1, 0.15) is 11.4 Å². The van der Waals surface area contributed by atoms with E-state index in [0.29, 0.717) is 11.4 Å². The second-order valence-corrected chi connectivity index (χ2v) is 5.78. The van der Waals surface area contributed by atoms with Gasteiger partial charge in [0, 0.05) is 12.4 Å². The molecule has 0 aliphatic heterocycles. The van der Waals surface area contributed by atoms with E-state index >= 15 is 0 Å². The second-order valence-electron chi connectivity index (χ2n) is 3.72. The summed E-state index contributed by atoms with van der Waals surface area (Å²) >= 11 is 5.82. The third-order valence-corrected chi connectivity index (χ3v) is 4.14. The second kappa shape index (κ2) is 5.06. The van der Waals surface area contributed by atoms with Crippen LogP contribution in [-0.2, 0) is 10.0 Å². The predicted molar refractivity (Wildman–Crippen MR) is 69.4 cm³/mol. The fourth-order valence-corrected chi connectivity index (χ4v) is 2.61. The van der Waals surface area contributed by atoms with Gasteiger partial charge in [-0.15, -0.1) is 5.10 Å². The maximum Gasteiger partial charge on any atom is 0.267 e. The van der Waals surface area contributed by atoms with Gasteiger partial charge in [0.2, 0.25) is 0 Å². The van der Waals surface area contributed by atoms with Crippen molar-refractivity contribution in [3.63, 3.8) is 0 Å². The van der Waals surface area contributed by atoms with Crippen LogP contribution in [0.25, 0.3) is 0 Å². The maximum absolute atomic E-state index is 12.1. The van der Waals surface area contributed by atoms with E-state index in [1.165, 1.54) is 12.3 Å². The third kappa shape index (κ3) is 2.96. The van der Waals surface area contributed by atoms with Gasteiger partial charge < -0.3 is 0 Å². The molecule has 0 unspecified atom stereocenters. The highest BCUT2D eigenvalue weighted by Gasteiger charge is 2.19. The Morgan fingerprint density at radius 1 is 1.21 bits per heavy atom. The van der Waals surface area contributed by atoms with Gasteiger partial charge in [0.25, 0.3) is 16.0 Å². The monoisotopic (exact) mass is 299 g/mol. The lowest BCUT2D eigenvalue weighted by Crippen LogP contribution is -2.17. The lowest BCUT2D eigenvalue weighted by atomic mass is 10.4. The van der Waals surface area contributed by atoms with Crippen molar-refractivity contribution < 1.29 is 8.42 Å². The average molecular weight is 300 g/mol. The molecule has 9 heteroatoms. The van der Waals surface area contributed by atoms with Crippen molar-refractivity contribution in [2.24, 2.45) is 0 Å². The van der Waals surface area contributed by atoms with Gasteiger partial charge >= 0.3 is 0 Å². The standard InChI is InChI=1S/C10H10ClN5O2S/c1-6-7(2)14-15-10(13-6)16-19(17,18)9-5-12-4-3-8(9)11/h3-5H,1-2H3,(H,13,15,16). The third-order valence-electron chi connectivity index (χ3n) is 2.34. The zero-order valence-corrected chi connectivity index (χ0v) is 11.7. The Morgan fingerprint density at radius 3 is 2.58 bits per heavy atom. The maximum atomic E-state index is 12.1. The molecular formula is C10H10ClN5O2S. The molecule has 2 rings (SSSR count). The summed E-state index contributed by atoms with van der Waals surface area (Å²) in [6.07, 6.45) is 2.55. The summed E-state index contributed by atoms with van der Waals surface area (Å²) in [5.41, 5.74) is 1.22. The molecule has 2 heterocycles. The molecule has 0 aliphatic rings. The predicted octanol–water partition coefficient (Wildman–Crippen LogP) is 1.34. The number of pyridine rings is 1. The first-order chi connectivity index (χ1) is 8.90. The molecule has 0 aliphatic carbocycles. The van der Waals surface area contributed by atoms with Crippen molar-refractivity contribution in [3.05, 3.63) is 34.9 Å². The number of nitrogens with one attached hydrogen (secondary N) is 1. The van der Waals surface area contributed by atoms with Crippen LogP contribution in [0.3, 0.4) is 0 Å². The van der Waals surface area contributed by atoms with E-state index in [0.717, 1.165) is 6.20 Å². The zero-order chi connectivity index (χ0) is 14.0. The van der Waals surface area contributed by atoms with Gasteiger partial charge in [-0.3, -0.25) is 4.98 Å². The molecule has 7 nitrogen and oxygen atoms in total. The van der Waals surface area contributed by atoms with Gasteiger partial charge in [-0.05, 0) is 19.9 Å². The van der Waals surface area contributed by atoms with Crippen LogP contribution < -0.4 is 4.72 Å². The summed E-state index contributed by atoms with van der Waals surface area (Å²) in [5.74, 6) is -0.108. The first kappa shape index (κ1) is 13.6. The summed E-state index contributed by atoms with van der Waals surface area (Å²) < 4.78 is 26.4. The highest BCUT2D eigenvalue weighted by molar-refractivity contribution is 7.92. The quantitative estimate of drug-likeness (QED) is 0.918. The van der Waals surface area contributed by atoms with Crippen molar-refractivity contribution in [2.45, 2.75) is 18.7 Å². The number of halogens is 1. The number of aryl methyl sites for hydroxylation is 2. The minimum Gasteiger partial charge on any atom is -0.263 e. The van der Waals surface area contributed by atoms with Crippen molar-refractivity contribution in [1.29, 1.82) is 0 Å². The van der Waals surface area contributed by atoms with Gasteiger partial charge in [0.1, 0.15) is 4.90 Å². The lowest BCUT2D eigenvalue weighted by Gasteiger charge is -2.07. The fourth-order valence-electron chi connectivity index (χ4n) is 1.24. The van der Waals surface area contributed by atoms with E-state index in [1.54, 1.807) is 13.8 Å². The number of hydrogen-bond acceptors (Lipinski definition) is 6. The Kier molecular flexibility index (Phi) is 3.63. The van der Waals surface area contributed by atoms with E-state index in [1.807, 2.05) is 0 Å². The van der Waals surface area contributed by atoms with Crippen molar-refractivity contribution >= 4 is 27.6 Å². The fraction of sp³-hybridized carbons (Fsp3) is 0.200. The van der Waals surface area contributed by atoms with Crippen LogP contribution in [-0.4, -0.2) is 28.6 Å². The summed E-state index contributed by atoms with van der Waals surface area (Å²) in [4.78, 5) is 7.57. The largest absolute Gasteiger partial charge is 0.267 e. The van der Waals surface area contributed by atoms with Crippen molar-refractivity contribution in [3.8, 4) is 0 Å². The van der Waals surface area contributed by atoms with Crippen molar-refractivity contribution in [1.82, 2.24) is 20.2 Å². The van der Waals surface area contributed by atoms with Crippen molar-refractivity contribution in [2.75, 3.05) is 4.72 Å². The molecule has 0 fully saturated rings. The van der Waals surface area contributed by atoms with E-state index < -0.39 is 10.0 Å². The van der Waals surface area contributed by atoms with Crippen LogP contribution in [0.15, 0.2) is 23.4 Å². The minimum atomic E-state index is -3.88. The minimum absolute atomic E-state index is 0.0688. The summed E-state index contributed by atoms with van der Waals surface area (Å²) in [5, 5.41) is 7.52. The number of hydrogen-bond donors (Lipinski definition) is 1. The van der Waals surface area contributed by atoms with Crippen LogP contribution in [0.4, 0.5) is 5.95 Å². The van der Waals surface area contributed by atoms with Crippen LogP contribution in [0.2, 0.25) is 5.02 Å². The van der Waals surface area contributed by atoms with Gasteiger partial charge in [0.15, 0.2) is 0 Å². The van der Waals surface area contributed by atoms with Crippen LogP contribution in [0, 0.1) is 13.8 Å². The Hall–Kier alpha value is -1.80. The SMILES string of the molecule is Cc1nnc(NS(=O)(=O)c2cnccc2Cl)nc1C. The van der Waals surface area contributed by atoms with Crippen LogP contribution in [0.5, 0.6) is 0 Å². The first-order valence-electron chi connectivity index (χ1n) is 5.20. The van der Waals surface area contributed by atoms with Gasteiger partial charge in [-0.25, -0.2) is 18.1 Å². The summed E-state index contributed by atoms with van der Waals surface area (Å²) in [6, 6.07) is 1.38. The first-order valence-corrected chi connectivity index (χ1v) is 7.06. The normalized spacial score (nSPS) is 11.3. The smallest absolute Gasteiger partial charge is 0.263 e. The van der Waals surface area contributed by atoms with Gasteiger partial charge in [0.05, 0.1) is 16.4 Å². The van der Waals surface area contributed by atoms with E-state index in [-0.39, 0.29) is 15.9 Å². The Balaban J connectivity index is 2.37. The molecule has 100 valence electrons. The molecule has 0 aromatic carbocycles. The highest BCUT2D eigenvalue weighted by atomic mass is 35.5. The van der Waals surface area contributed by atoms with Gasteiger partial charge in [-0.1, -0.05) is 11.6 Å². The van der Waals surface area contributed by atoms with Gasteiger partial charge in [-0.2, -0.15) is 5.10 Å². The molecule has 2 aromatic rings. The Labute approximate surface area is 115 Å². The molecule has 0 spiro atoms. The molecule has 1 N–H and O–H groups in total. The molecule has 19 heavy (non-hydrogen) atoms. The number of sulfonamides is 1. The molecule has 0 atom stereocenters. The number of rotatable bonds is 3. The molecule has 0 amide bonds. The average Bonchev–Trinajstić information content (AvgIpc) is 2.34. The molecule has 0 saturated heterocycles. The van der Waals surface area contributed by atoms with E-state index in [9.17, 15) is 8.42 Å². The molecule has 0 bridgehead atoms. The van der Waals surface area contributed by atoms with E-state index in [4.69, 9.17) is 11.6 Å². The Morgan fingerprint density at radius 2 is 1.95 bits per heavy atom. The topological polar surface area (TPSA) is 97.7 Å². The lowest BCUT2D eigenvalue weighted by molar-refractivity contribution is 0.600. The van der Waals surface area contributed by atoms with E-state index in [2.05, 4.69) is 24.9 Å². The number of aromatic nitrogens is 4. The molecule has 0 radical (unpaired) electrons. The zero-order valence-electron chi connectivity index (χ0n) is 10.1. The molecular weight excluding hydrogens is 290 g/mol. The Bertz CT molecular complexity index is 720. The highest BCUT2D eigenvalue weighted by Crippen LogP contribution is 2.21. The summed E-state index contributed by atoms with van der Waals surface area (Å²) in [6.45, 7) is 3.43. The molecule has 0 saturated carbocycles. The number of anilines is 1.